The van der Waals surface area contributed by atoms with Gasteiger partial charge >= 0.3 is 0 Å². The summed E-state index contributed by atoms with van der Waals surface area (Å²) in [6.07, 6.45) is 3.78. The lowest BCUT2D eigenvalue weighted by molar-refractivity contribution is -0.116. The molecule has 2 aromatic rings. The van der Waals surface area contributed by atoms with Crippen LogP contribution in [0, 0.1) is 18.6 Å². The molecule has 158 valence electrons. The molecule has 0 spiro atoms. The van der Waals surface area contributed by atoms with Crippen molar-refractivity contribution in [2.24, 2.45) is 0 Å². The molecule has 1 aromatic carbocycles. The summed E-state index contributed by atoms with van der Waals surface area (Å²) in [4.78, 5) is 23.8. The molecule has 2 atom stereocenters. The van der Waals surface area contributed by atoms with Crippen LogP contribution >= 0.6 is 15.9 Å². The van der Waals surface area contributed by atoms with Gasteiger partial charge in [-0.3, -0.25) is 14.2 Å². The summed E-state index contributed by atoms with van der Waals surface area (Å²) in [5.41, 5.74) is -0.163. The number of carbonyl (C=O) groups excluding carboxylic acids is 1. The highest BCUT2D eigenvalue weighted by Crippen LogP contribution is 2.36. The maximum atomic E-state index is 15.9. The van der Waals surface area contributed by atoms with Gasteiger partial charge < -0.3 is 10.1 Å². The third-order valence-corrected chi connectivity index (χ3v) is 5.59. The highest BCUT2D eigenvalue weighted by atomic mass is 79.9. The van der Waals surface area contributed by atoms with Gasteiger partial charge in [-0.1, -0.05) is 22.0 Å². The van der Waals surface area contributed by atoms with Crippen molar-refractivity contribution in [3.8, 4) is 5.75 Å². The zero-order valence-corrected chi connectivity index (χ0v) is 17.7. The van der Waals surface area contributed by atoms with Crippen LogP contribution in [0.2, 0.25) is 0 Å². The van der Waals surface area contributed by atoms with Crippen molar-refractivity contribution in [1.29, 1.82) is 0 Å². The number of hydrogen-bond donors (Lipinski definition) is 1. The number of pyridine rings is 1. The Bertz CT molecular complexity index is 1110. The summed E-state index contributed by atoms with van der Waals surface area (Å²) < 4.78 is 49.1. The Morgan fingerprint density at radius 3 is 2.67 bits per heavy atom. The molecular weight excluding hydrogens is 465 g/mol. The van der Waals surface area contributed by atoms with E-state index in [-0.39, 0.29) is 29.4 Å². The molecule has 0 saturated heterocycles. The lowest BCUT2D eigenvalue weighted by Crippen LogP contribution is -2.45. The van der Waals surface area contributed by atoms with Crippen LogP contribution in [0.15, 0.2) is 58.9 Å². The number of likely N-dealkylation sites (N-methyl/N-ethyl adjacent to an activating group) is 1. The molecule has 0 saturated carbocycles. The second-order valence-corrected chi connectivity index (χ2v) is 7.65. The van der Waals surface area contributed by atoms with Crippen LogP contribution in [0.3, 0.4) is 0 Å². The summed E-state index contributed by atoms with van der Waals surface area (Å²) in [6, 6.07) is 5.84. The maximum Gasteiger partial charge on any atom is 0.295 e. The number of aryl methyl sites for hydroxylation is 1. The summed E-state index contributed by atoms with van der Waals surface area (Å²) in [5, 5.41) is 2.45. The van der Waals surface area contributed by atoms with Gasteiger partial charge in [0.1, 0.15) is 18.2 Å². The summed E-state index contributed by atoms with van der Waals surface area (Å²) in [5.74, 6) is -4.44. The molecule has 9 heteroatoms. The second kappa shape index (κ2) is 8.51. The van der Waals surface area contributed by atoms with E-state index >= 15 is 4.39 Å². The minimum atomic E-state index is -2.31. The van der Waals surface area contributed by atoms with Crippen molar-refractivity contribution in [2.45, 2.75) is 24.2 Å². The predicted octanol–water partition coefficient (Wildman–Crippen LogP) is 3.64. The lowest BCUT2D eigenvalue weighted by Gasteiger charge is -2.32. The van der Waals surface area contributed by atoms with E-state index in [0.717, 1.165) is 16.7 Å². The second-order valence-electron chi connectivity index (χ2n) is 6.67. The van der Waals surface area contributed by atoms with Crippen LogP contribution in [-0.4, -0.2) is 22.3 Å². The standard InChI is InChI=1S/C21H18BrF3N2O3/c1-12-3-6-17(30-11-14-4-5-15(23)10-16(14)24)20(29)27(12)21(25)8-7-13(9-18(21)22)19(28)26-2/h3-10,18H,11H2,1-2H3,(H,26,28). The average Bonchev–Trinajstić information content (AvgIpc) is 2.70. The van der Waals surface area contributed by atoms with E-state index in [4.69, 9.17) is 4.74 Å². The molecule has 3 rings (SSSR count). The number of rotatable bonds is 5. The van der Waals surface area contributed by atoms with E-state index in [2.05, 4.69) is 21.2 Å². The smallest absolute Gasteiger partial charge is 0.295 e. The third kappa shape index (κ3) is 4.07. The van der Waals surface area contributed by atoms with Gasteiger partial charge in [0.05, 0.1) is 4.83 Å². The molecule has 5 nitrogen and oxygen atoms in total. The van der Waals surface area contributed by atoms with Gasteiger partial charge in [-0.2, -0.15) is 0 Å². The van der Waals surface area contributed by atoms with Crippen molar-refractivity contribution in [3.05, 3.63) is 87.4 Å². The van der Waals surface area contributed by atoms with E-state index in [0.29, 0.717) is 11.8 Å². The molecule has 1 aliphatic rings. The number of allylic oxidation sites excluding steroid dienone is 2. The fourth-order valence-electron chi connectivity index (χ4n) is 3.06. The molecule has 2 unspecified atom stereocenters. The van der Waals surface area contributed by atoms with Gasteiger partial charge in [0, 0.05) is 29.9 Å². The molecule has 1 N–H and O–H groups in total. The summed E-state index contributed by atoms with van der Waals surface area (Å²) in [6.45, 7) is 1.22. The molecule has 0 bridgehead atoms. The Hall–Kier alpha value is -2.81. The largest absolute Gasteiger partial charge is 0.483 e. The molecule has 1 aliphatic carbocycles. The van der Waals surface area contributed by atoms with Crippen LogP contribution in [0.25, 0.3) is 0 Å². The van der Waals surface area contributed by atoms with Crippen LogP contribution < -0.4 is 15.6 Å². The normalized spacial score (nSPS) is 20.6. The van der Waals surface area contributed by atoms with Crippen molar-refractivity contribution >= 4 is 21.8 Å². The Labute approximate surface area is 179 Å². The zero-order chi connectivity index (χ0) is 22.1. The third-order valence-electron chi connectivity index (χ3n) is 4.68. The van der Waals surface area contributed by atoms with Crippen molar-refractivity contribution in [2.75, 3.05) is 7.05 Å². The van der Waals surface area contributed by atoms with Crippen LogP contribution in [0.1, 0.15) is 11.3 Å². The number of ether oxygens (including phenoxy) is 1. The van der Waals surface area contributed by atoms with Gasteiger partial charge in [-0.25, -0.2) is 13.2 Å². The van der Waals surface area contributed by atoms with Gasteiger partial charge in [0.2, 0.25) is 5.79 Å². The number of carbonyl (C=O) groups is 1. The molecule has 0 radical (unpaired) electrons. The number of nitrogens with one attached hydrogen (secondary N) is 1. The zero-order valence-electron chi connectivity index (χ0n) is 16.1. The topological polar surface area (TPSA) is 60.3 Å². The predicted molar refractivity (Wildman–Crippen MR) is 109 cm³/mol. The number of amides is 1. The first-order chi connectivity index (χ1) is 14.2. The monoisotopic (exact) mass is 482 g/mol. The highest BCUT2D eigenvalue weighted by Gasteiger charge is 2.41. The van der Waals surface area contributed by atoms with E-state index in [1.54, 1.807) is 6.92 Å². The first kappa shape index (κ1) is 21.9. The average molecular weight is 483 g/mol. The van der Waals surface area contributed by atoms with Gasteiger partial charge in [-0.15, -0.1) is 0 Å². The number of aromatic nitrogens is 1. The number of hydrogen-bond acceptors (Lipinski definition) is 3. The minimum Gasteiger partial charge on any atom is -0.483 e. The molecule has 30 heavy (non-hydrogen) atoms. The minimum absolute atomic E-state index is 0.0481. The first-order valence-electron chi connectivity index (χ1n) is 8.93. The lowest BCUT2D eigenvalue weighted by atomic mass is 9.99. The molecule has 1 aromatic heterocycles. The van der Waals surface area contributed by atoms with Crippen LogP contribution in [0.4, 0.5) is 13.2 Å². The first-order valence-corrected chi connectivity index (χ1v) is 9.85. The number of halogens is 4. The van der Waals surface area contributed by atoms with Gasteiger partial charge in [0.25, 0.3) is 11.5 Å². The van der Waals surface area contributed by atoms with Crippen molar-refractivity contribution in [1.82, 2.24) is 9.88 Å². The SMILES string of the molecule is CNC(=O)C1=CC(Br)C(F)(n2c(C)ccc(OCc3ccc(F)cc3F)c2=O)C=C1. The fourth-order valence-corrected chi connectivity index (χ4v) is 3.71. The van der Waals surface area contributed by atoms with Crippen molar-refractivity contribution < 1.29 is 22.7 Å². The van der Waals surface area contributed by atoms with E-state index in [1.807, 2.05) is 0 Å². The number of alkyl halides is 2. The number of benzene rings is 1. The van der Waals surface area contributed by atoms with Crippen LogP contribution in [0.5, 0.6) is 5.75 Å². The van der Waals surface area contributed by atoms with E-state index < -0.39 is 27.8 Å². The summed E-state index contributed by atoms with van der Waals surface area (Å²) in [7, 11) is 1.46. The Kier molecular flexibility index (Phi) is 6.21. The Morgan fingerprint density at radius 1 is 1.30 bits per heavy atom. The fraction of sp³-hybridized carbons (Fsp3) is 0.238. The van der Waals surface area contributed by atoms with Gasteiger partial charge in [-0.05, 0) is 43.3 Å². The summed E-state index contributed by atoms with van der Waals surface area (Å²) >= 11 is 3.20. The molecule has 0 aliphatic heterocycles. The van der Waals surface area contributed by atoms with Crippen LogP contribution in [-0.2, 0) is 17.2 Å². The van der Waals surface area contributed by atoms with E-state index in [1.165, 1.54) is 37.4 Å². The quantitative estimate of drug-likeness (QED) is 0.661. The molecule has 1 heterocycles. The maximum absolute atomic E-state index is 15.9. The molecule has 1 amide bonds. The van der Waals surface area contributed by atoms with Crippen molar-refractivity contribution in [3.63, 3.8) is 0 Å². The number of nitrogens with zero attached hydrogens (tertiary/aromatic N) is 1. The molecular formula is C21H18BrF3N2O3. The Morgan fingerprint density at radius 2 is 2.03 bits per heavy atom. The Balaban J connectivity index is 1.93. The van der Waals surface area contributed by atoms with E-state index in [9.17, 15) is 18.4 Å². The highest BCUT2D eigenvalue weighted by molar-refractivity contribution is 9.09. The van der Waals surface area contributed by atoms with Gasteiger partial charge in [0.15, 0.2) is 5.75 Å². The molecule has 0 fully saturated rings.